The molecule has 3 amide bonds. The van der Waals surface area contributed by atoms with E-state index in [9.17, 15) is 9.59 Å². The first-order valence-electron chi connectivity index (χ1n) is 9.95. The Kier molecular flexibility index (Phi) is 6.38. The number of nitrogens with zero attached hydrogens (tertiary/aromatic N) is 4. The molecular weight excluding hydrogens is 356 g/mol. The lowest BCUT2D eigenvalue weighted by atomic mass is 9.96. The van der Waals surface area contributed by atoms with Crippen LogP contribution in [0.1, 0.15) is 70.4 Å². The van der Waals surface area contributed by atoms with Crippen LogP contribution >= 0.6 is 0 Å². The Morgan fingerprint density at radius 1 is 1.07 bits per heavy atom. The van der Waals surface area contributed by atoms with Crippen molar-refractivity contribution in [2.45, 2.75) is 70.9 Å². The summed E-state index contributed by atoms with van der Waals surface area (Å²) >= 11 is 0. The molecule has 1 saturated carbocycles. The second kappa shape index (κ2) is 8.95. The van der Waals surface area contributed by atoms with E-state index in [0.717, 1.165) is 31.2 Å². The van der Waals surface area contributed by atoms with Gasteiger partial charge in [-0.2, -0.15) is 4.80 Å². The first-order valence-corrected chi connectivity index (χ1v) is 9.95. The molecule has 0 spiro atoms. The largest absolute Gasteiger partial charge is 0.335 e. The van der Waals surface area contributed by atoms with Gasteiger partial charge in [0.15, 0.2) is 0 Å². The third kappa shape index (κ3) is 4.94. The van der Waals surface area contributed by atoms with Gasteiger partial charge in [0.25, 0.3) is 5.91 Å². The van der Waals surface area contributed by atoms with Crippen molar-refractivity contribution in [2.75, 3.05) is 0 Å². The Morgan fingerprint density at radius 3 is 2.39 bits per heavy atom. The summed E-state index contributed by atoms with van der Waals surface area (Å²) in [6.07, 6.45) is 5.34. The molecule has 1 heterocycles. The Bertz CT molecular complexity index is 808. The highest BCUT2D eigenvalue weighted by molar-refractivity contribution is 5.96. The van der Waals surface area contributed by atoms with Gasteiger partial charge < -0.3 is 5.32 Å². The van der Waals surface area contributed by atoms with E-state index in [-0.39, 0.29) is 6.04 Å². The monoisotopic (exact) mass is 384 g/mol. The molecular formula is C20H28N6O2. The Morgan fingerprint density at radius 2 is 1.75 bits per heavy atom. The van der Waals surface area contributed by atoms with Crippen LogP contribution in [0.15, 0.2) is 24.3 Å². The lowest BCUT2D eigenvalue weighted by Crippen LogP contribution is -2.47. The van der Waals surface area contributed by atoms with E-state index in [1.807, 2.05) is 24.3 Å². The average Bonchev–Trinajstić information content (AvgIpc) is 3.18. The summed E-state index contributed by atoms with van der Waals surface area (Å²) in [6, 6.07) is 6.89. The smallest absolute Gasteiger partial charge is 0.321 e. The van der Waals surface area contributed by atoms with Gasteiger partial charge in [0, 0.05) is 11.6 Å². The minimum atomic E-state index is -0.742. The molecule has 0 bridgehead atoms. The zero-order valence-electron chi connectivity index (χ0n) is 16.7. The molecule has 150 valence electrons. The van der Waals surface area contributed by atoms with Gasteiger partial charge in [0.05, 0.1) is 0 Å². The molecule has 1 fully saturated rings. The van der Waals surface area contributed by atoms with E-state index < -0.39 is 18.0 Å². The topological polar surface area (TPSA) is 102 Å². The molecule has 2 N–H and O–H groups in total. The molecule has 1 aliphatic carbocycles. The van der Waals surface area contributed by atoms with Crippen LogP contribution in [0, 0.1) is 0 Å². The zero-order chi connectivity index (χ0) is 20.1. The summed E-state index contributed by atoms with van der Waals surface area (Å²) in [5, 5.41) is 17.6. The van der Waals surface area contributed by atoms with Gasteiger partial charge in [-0.05, 0) is 36.5 Å². The van der Waals surface area contributed by atoms with Gasteiger partial charge in [0.2, 0.25) is 5.82 Å². The third-order valence-corrected chi connectivity index (χ3v) is 5.17. The van der Waals surface area contributed by atoms with E-state index in [0.29, 0.717) is 11.7 Å². The van der Waals surface area contributed by atoms with E-state index in [2.05, 4.69) is 39.9 Å². The number of urea groups is 1. The molecule has 0 aliphatic heterocycles. The summed E-state index contributed by atoms with van der Waals surface area (Å²) in [6.45, 7) is 5.90. The van der Waals surface area contributed by atoms with Crippen molar-refractivity contribution in [3.8, 4) is 11.4 Å². The summed E-state index contributed by atoms with van der Waals surface area (Å²) in [7, 11) is 0. The number of carbonyl (C=O) groups is 2. The van der Waals surface area contributed by atoms with Crippen LogP contribution in [0.5, 0.6) is 0 Å². The summed E-state index contributed by atoms with van der Waals surface area (Å²) in [5.74, 6) is 0.426. The first-order chi connectivity index (χ1) is 13.4. The molecule has 1 aromatic carbocycles. The Balaban J connectivity index is 1.58. The SMILES string of the molecule is CC(C)c1ccc(-c2nnn([C@H](C)C(=O)NC(=O)NC3CCCCC3)n2)cc1. The number of benzene rings is 1. The molecule has 3 rings (SSSR count). The molecule has 1 atom stereocenters. The number of hydrogen-bond donors (Lipinski definition) is 2. The number of hydrogen-bond acceptors (Lipinski definition) is 5. The van der Waals surface area contributed by atoms with Gasteiger partial charge in [-0.3, -0.25) is 10.1 Å². The van der Waals surface area contributed by atoms with Crippen LogP contribution in [0.2, 0.25) is 0 Å². The van der Waals surface area contributed by atoms with E-state index >= 15 is 0 Å². The minimum absolute atomic E-state index is 0.141. The first kappa shape index (κ1) is 20.0. The van der Waals surface area contributed by atoms with Crippen molar-refractivity contribution in [2.24, 2.45) is 0 Å². The minimum Gasteiger partial charge on any atom is -0.335 e. The molecule has 0 saturated heterocycles. The number of carbonyl (C=O) groups excluding carboxylic acids is 2. The van der Waals surface area contributed by atoms with Crippen LogP contribution in [-0.2, 0) is 4.79 Å². The molecule has 1 aromatic heterocycles. The maximum atomic E-state index is 12.4. The molecule has 28 heavy (non-hydrogen) atoms. The Labute approximate surface area is 165 Å². The van der Waals surface area contributed by atoms with Crippen molar-refractivity contribution in [1.29, 1.82) is 0 Å². The molecule has 2 aromatic rings. The number of imide groups is 1. The average molecular weight is 384 g/mol. The van der Waals surface area contributed by atoms with E-state index in [1.165, 1.54) is 16.8 Å². The standard InChI is InChI=1S/C20H28N6O2/c1-13(2)15-9-11-16(12-10-15)18-23-25-26(24-18)14(3)19(27)22-20(28)21-17-7-5-4-6-8-17/h9-14,17H,4-8H2,1-3H3,(H2,21,22,27,28)/t14-/m1/s1. The van der Waals surface area contributed by atoms with Crippen LogP contribution in [0.25, 0.3) is 11.4 Å². The van der Waals surface area contributed by atoms with Gasteiger partial charge in [0.1, 0.15) is 6.04 Å². The maximum absolute atomic E-state index is 12.4. The number of aromatic nitrogens is 4. The van der Waals surface area contributed by atoms with Crippen molar-refractivity contribution in [3.05, 3.63) is 29.8 Å². The van der Waals surface area contributed by atoms with Gasteiger partial charge in [-0.15, -0.1) is 10.2 Å². The second-order valence-electron chi connectivity index (χ2n) is 7.68. The number of tetrazole rings is 1. The van der Waals surface area contributed by atoms with Crippen LogP contribution in [0.3, 0.4) is 0 Å². The van der Waals surface area contributed by atoms with Crippen molar-refractivity contribution < 1.29 is 9.59 Å². The van der Waals surface area contributed by atoms with Crippen LogP contribution in [0.4, 0.5) is 4.79 Å². The quantitative estimate of drug-likeness (QED) is 0.824. The third-order valence-electron chi connectivity index (χ3n) is 5.17. The summed E-state index contributed by atoms with van der Waals surface area (Å²) in [5.41, 5.74) is 2.06. The lowest BCUT2D eigenvalue weighted by Gasteiger charge is -2.22. The van der Waals surface area contributed by atoms with Crippen molar-refractivity contribution in [1.82, 2.24) is 30.8 Å². The van der Waals surface area contributed by atoms with Gasteiger partial charge in [-0.1, -0.05) is 57.4 Å². The summed E-state index contributed by atoms with van der Waals surface area (Å²) in [4.78, 5) is 25.7. The zero-order valence-corrected chi connectivity index (χ0v) is 16.7. The molecule has 1 aliphatic rings. The highest BCUT2D eigenvalue weighted by atomic mass is 16.2. The molecule has 0 unspecified atom stereocenters. The van der Waals surface area contributed by atoms with Gasteiger partial charge >= 0.3 is 6.03 Å². The molecule has 8 nitrogen and oxygen atoms in total. The second-order valence-corrected chi connectivity index (χ2v) is 7.68. The fourth-order valence-corrected chi connectivity index (χ4v) is 3.31. The maximum Gasteiger partial charge on any atom is 0.321 e. The van der Waals surface area contributed by atoms with Crippen LogP contribution in [-0.4, -0.2) is 38.2 Å². The predicted molar refractivity (Wildman–Crippen MR) is 106 cm³/mol. The lowest BCUT2D eigenvalue weighted by molar-refractivity contribution is -0.123. The van der Waals surface area contributed by atoms with Crippen molar-refractivity contribution >= 4 is 11.9 Å². The molecule has 8 heteroatoms. The highest BCUT2D eigenvalue weighted by Crippen LogP contribution is 2.20. The highest BCUT2D eigenvalue weighted by Gasteiger charge is 2.22. The van der Waals surface area contributed by atoms with E-state index in [1.54, 1.807) is 6.92 Å². The van der Waals surface area contributed by atoms with Crippen molar-refractivity contribution in [3.63, 3.8) is 0 Å². The fourth-order valence-electron chi connectivity index (χ4n) is 3.31. The Hall–Kier alpha value is -2.77. The number of rotatable bonds is 5. The number of nitrogens with one attached hydrogen (secondary N) is 2. The predicted octanol–water partition coefficient (Wildman–Crippen LogP) is 3.18. The fraction of sp³-hybridized carbons (Fsp3) is 0.550. The van der Waals surface area contributed by atoms with Gasteiger partial charge in [-0.25, -0.2) is 4.79 Å². The number of amides is 3. The van der Waals surface area contributed by atoms with E-state index in [4.69, 9.17) is 0 Å². The molecule has 0 radical (unpaired) electrons. The van der Waals surface area contributed by atoms with Crippen LogP contribution < -0.4 is 10.6 Å². The normalized spacial score (nSPS) is 16.0. The summed E-state index contributed by atoms with van der Waals surface area (Å²) < 4.78 is 0.